The van der Waals surface area contributed by atoms with Gasteiger partial charge in [0.05, 0.1) is 31.2 Å². The van der Waals surface area contributed by atoms with Crippen molar-refractivity contribution in [1.82, 2.24) is 4.98 Å². The highest BCUT2D eigenvalue weighted by Gasteiger charge is 2.39. The van der Waals surface area contributed by atoms with Crippen LogP contribution in [0.2, 0.25) is 0 Å². The Kier molecular flexibility index (Phi) is 4.46. The molecule has 0 spiro atoms. The first kappa shape index (κ1) is 16.1. The topological polar surface area (TPSA) is 60.9 Å². The standard InChI is InChI=1S/C14H17IN2O4/c1-14(2,3)21-17-8-6-10(19-4)13(20-5)16-12(8)11(15)9(17)7-18/h6,11H,1-5H3. The van der Waals surface area contributed by atoms with E-state index in [4.69, 9.17) is 14.3 Å². The maximum absolute atomic E-state index is 11.3. The van der Waals surface area contributed by atoms with Gasteiger partial charge in [-0.2, -0.15) is 0 Å². The van der Waals surface area contributed by atoms with Crippen molar-refractivity contribution in [3.8, 4) is 11.6 Å². The van der Waals surface area contributed by atoms with Crippen LogP contribution >= 0.6 is 22.6 Å². The Labute approximate surface area is 137 Å². The van der Waals surface area contributed by atoms with Crippen LogP contribution in [-0.4, -0.2) is 30.7 Å². The van der Waals surface area contributed by atoms with Crippen LogP contribution in [0.5, 0.6) is 11.6 Å². The highest BCUT2D eigenvalue weighted by atomic mass is 127. The van der Waals surface area contributed by atoms with Crippen LogP contribution in [-0.2, 0) is 9.63 Å². The molecule has 1 atom stereocenters. The number of pyridine rings is 1. The first-order valence-electron chi connectivity index (χ1n) is 6.33. The molecule has 1 aliphatic heterocycles. The Morgan fingerprint density at radius 2 is 2.00 bits per heavy atom. The van der Waals surface area contributed by atoms with Crippen LogP contribution in [0.25, 0.3) is 0 Å². The van der Waals surface area contributed by atoms with Crippen LogP contribution in [0.1, 0.15) is 30.4 Å². The van der Waals surface area contributed by atoms with E-state index in [-0.39, 0.29) is 3.92 Å². The van der Waals surface area contributed by atoms with Gasteiger partial charge in [0.15, 0.2) is 5.75 Å². The van der Waals surface area contributed by atoms with E-state index in [0.29, 0.717) is 28.7 Å². The molecule has 0 fully saturated rings. The fraction of sp³-hybridized carbons (Fsp3) is 0.500. The Bertz CT molecular complexity index is 606. The molecule has 114 valence electrons. The van der Waals surface area contributed by atoms with E-state index in [9.17, 15) is 4.79 Å². The molecule has 0 aliphatic carbocycles. The van der Waals surface area contributed by atoms with Gasteiger partial charge in [-0.05, 0) is 20.8 Å². The molecular weight excluding hydrogens is 387 g/mol. The minimum atomic E-state index is -0.465. The predicted octanol–water partition coefficient (Wildman–Crippen LogP) is 2.84. The highest BCUT2D eigenvalue weighted by Crippen LogP contribution is 2.49. The van der Waals surface area contributed by atoms with Gasteiger partial charge in [0.1, 0.15) is 15.6 Å². The molecular formula is C14H17IN2O4. The zero-order valence-corrected chi connectivity index (χ0v) is 14.7. The summed E-state index contributed by atoms with van der Waals surface area (Å²) < 4.78 is 10.2. The molecule has 2 heterocycles. The van der Waals surface area contributed by atoms with Crippen LogP contribution in [0.3, 0.4) is 0 Å². The van der Waals surface area contributed by atoms with Crippen molar-refractivity contribution < 1.29 is 19.1 Å². The normalized spacial score (nSPS) is 17.5. The number of anilines is 1. The Morgan fingerprint density at radius 1 is 1.33 bits per heavy atom. The van der Waals surface area contributed by atoms with Gasteiger partial charge < -0.3 is 9.47 Å². The number of alkyl halides is 1. The number of allylic oxidation sites excluding steroid dienone is 1. The lowest BCUT2D eigenvalue weighted by atomic mass is 10.2. The third-order valence-corrected chi connectivity index (χ3v) is 3.94. The second kappa shape index (κ2) is 5.82. The van der Waals surface area contributed by atoms with E-state index in [0.717, 1.165) is 0 Å². The summed E-state index contributed by atoms with van der Waals surface area (Å²) in [5, 5.41) is 1.48. The molecule has 0 radical (unpaired) electrons. The third kappa shape index (κ3) is 3.00. The predicted molar refractivity (Wildman–Crippen MR) is 86.6 cm³/mol. The van der Waals surface area contributed by atoms with Crippen molar-refractivity contribution >= 4 is 34.2 Å². The smallest absolute Gasteiger partial charge is 0.257 e. The number of methoxy groups -OCH3 is 2. The molecule has 2 rings (SSSR count). The second-order valence-electron chi connectivity index (χ2n) is 5.45. The zero-order valence-electron chi connectivity index (χ0n) is 12.6. The highest BCUT2D eigenvalue weighted by molar-refractivity contribution is 14.1. The number of nitrogens with zero attached hydrogens (tertiary/aromatic N) is 2. The monoisotopic (exact) mass is 404 g/mol. The summed E-state index contributed by atoms with van der Waals surface area (Å²) in [6.45, 7) is 5.72. The SMILES string of the molecule is COc1cc2c(nc1OC)C(I)C(=C=O)N2OC(C)(C)C. The Hall–Kier alpha value is -1.31. The first-order valence-corrected chi connectivity index (χ1v) is 7.58. The summed E-state index contributed by atoms with van der Waals surface area (Å²) in [4.78, 5) is 21.6. The van der Waals surface area contributed by atoms with Crippen LogP contribution in [0.15, 0.2) is 11.8 Å². The van der Waals surface area contributed by atoms with Gasteiger partial charge in [0, 0.05) is 6.07 Å². The number of fused-ring (bicyclic) bond motifs is 1. The van der Waals surface area contributed by atoms with E-state index >= 15 is 0 Å². The average molecular weight is 404 g/mol. The maximum Gasteiger partial charge on any atom is 0.257 e. The molecule has 1 aliphatic rings. The lowest BCUT2D eigenvalue weighted by Gasteiger charge is -2.28. The molecule has 6 nitrogen and oxygen atoms in total. The second-order valence-corrected chi connectivity index (χ2v) is 6.70. The van der Waals surface area contributed by atoms with Crippen molar-refractivity contribution in [2.45, 2.75) is 30.3 Å². The summed E-state index contributed by atoms with van der Waals surface area (Å²) in [6.07, 6.45) is 0. The number of hydroxylamine groups is 1. The number of aromatic nitrogens is 1. The molecule has 21 heavy (non-hydrogen) atoms. The number of ether oxygens (including phenoxy) is 2. The molecule has 0 saturated heterocycles. The molecule has 1 aromatic heterocycles. The van der Waals surface area contributed by atoms with Gasteiger partial charge in [0.2, 0.25) is 0 Å². The van der Waals surface area contributed by atoms with Gasteiger partial charge in [0.25, 0.3) is 5.88 Å². The zero-order chi connectivity index (χ0) is 15.8. The average Bonchev–Trinajstić information content (AvgIpc) is 2.67. The molecule has 1 unspecified atom stereocenters. The van der Waals surface area contributed by atoms with Gasteiger partial charge >= 0.3 is 0 Å². The molecule has 0 bridgehead atoms. The van der Waals surface area contributed by atoms with E-state index in [1.165, 1.54) is 19.3 Å². The van der Waals surface area contributed by atoms with E-state index in [1.54, 1.807) is 6.07 Å². The van der Waals surface area contributed by atoms with Crippen molar-refractivity contribution in [3.05, 3.63) is 17.5 Å². The van der Waals surface area contributed by atoms with Gasteiger partial charge in [-0.15, -0.1) is 0 Å². The summed E-state index contributed by atoms with van der Waals surface area (Å²) >= 11 is 2.13. The quantitative estimate of drug-likeness (QED) is 0.439. The summed E-state index contributed by atoms with van der Waals surface area (Å²) in [5.74, 6) is 2.80. The molecule has 0 amide bonds. The molecule has 0 saturated carbocycles. The minimum Gasteiger partial charge on any atom is -0.491 e. The van der Waals surface area contributed by atoms with Crippen LogP contribution in [0, 0.1) is 0 Å². The summed E-state index contributed by atoms with van der Waals surface area (Å²) in [6, 6.07) is 1.75. The summed E-state index contributed by atoms with van der Waals surface area (Å²) in [7, 11) is 3.06. The Morgan fingerprint density at radius 3 is 2.48 bits per heavy atom. The van der Waals surface area contributed by atoms with Gasteiger partial charge in [-0.25, -0.2) is 14.8 Å². The fourth-order valence-electron chi connectivity index (χ4n) is 1.95. The maximum atomic E-state index is 11.3. The van der Waals surface area contributed by atoms with Crippen LogP contribution in [0.4, 0.5) is 5.69 Å². The van der Waals surface area contributed by atoms with Gasteiger partial charge in [-0.1, -0.05) is 22.6 Å². The molecule has 7 heteroatoms. The number of carbonyl (C=O) groups excluding carboxylic acids is 1. The van der Waals surface area contributed by atoms with Crippen molar-refractivity contribution in [2.75, 3.05) is 19.3 Å². The minimum absolute atomic E-state index is 0.253. The number of rotatable bonds is 3. The lowest BCUT2D eigenvalue weighted by Crippen LogP contribution is -2.32. The molecule has 0 aromatic carbocycles. The van der Waals surface area contributed by atoms with E-state index < -0.39 is 5.60 Å². The van der Waals surface area contributed by atoms with E-state index in [2.05, 4.69) is 27.6 Å². The molecule has 0 N–H and O–H groups in total. The Balaban J connectivity index is 2.58. The van der Waals surface area contributed by atoms with Crippen molar-refractivity contribution in [2.24, 2.45) is 0 Å². The molecule has 1 aromatic rings. The number of halogens is 1. The van der Waals surface area contributed by atoms with Crippen molar-refractivity contribution in [1.29, 1.82) is 0 Å². The largest absolute Gasteiger partial charge is 0.491 e. The van der Waals surface area contributed by atoms with Gasteiger partial charge in [-0.3, -0.25) is 4.84 Å². The van der Waals surface area contributed by atoms with Crippen LogP contribution < -0.4 is 14.5 Å². The lowest BCUT2D eigenvalue weighted by molar-refractivity contribution is -0.00806. The fourth-order valence-corrected chi connectivity index (χ4v) is 2.79. The van der Waals surface area contributed by atoms with E-state index in [1.807, 2.05) is 26.7 Å². The van der Waals surface area contributed by atoms with Crippen molar-refractivity contribution in [3.63, 3.8) is 0 Å². The first-order chi connectivity index (χ1) is 9.82. The number of hydrogen-bond acceptors (Lipinski definition) is 6. The summed E-state index contributed by atoms with van der Waals surface area (Å²) in [5.41, 5.74) is 1.27. The number of hydrogen-bond donors (Lipinski definition) is 0. The third-order valence-electron chi connectivity index (χ3n) is 2.76.